The third-order valence-corrected chi connectivity index (χ3v) is 10.0. The number of methoxy groups -OCH3 is 1. The first-order valence-corrected chi connectivity index (χ1v) is 19.0. The Morgan fingerprint density at radius 2 is 1.70 bits per heavy atom. The van der Waals surface area contributed by atoms with Gasteiger partial charge in [-0.05, 0) is 92.8 Å². The van der Waals surface area contributed by atoms with Gasteiger partial charge < -0.3 is 41.0 Å². The second kappa shape index (κ2) is 18.9. The summed E-state index contributed by atoms with van der Waals surface area (Å²) in [6.45, 7) is 7.60. The molecule has 288 valence electrons. The number of rotatable bonds is 9. The van der Waals surface area contributed by atoms with Crippen molar-refractivity contribution in [2.45, 2.75) is 89.9 Å². The quantitative estimate of drug-likeness (QED) is 0.245. The molecule has 2 fully saturated rings. The zero-order valence-corrected chi connectivity index (χ0v) is 31.5. The highest BCUT2D eigenvalue weighted by molar-refractivity contribution is 5.95. The molecule has 13 nitrogen and oxygen atoms in total. The molecular formula is C40H56N6O7. The molecule has 3 heterocycles. The molecule has 13 heteroatoms. The predicted molar refractivity (Wildman–Crippen MR) is 200 cm³/mol. The topological polar surface area (TPSA) is 167 Å². The van der Waals surface area contributed by atoms with Gasteiger partial charge in [0.05, 0.1) is 25.6 Å². The molecule has 0 radical (unpaired) electrons. The molecule has 5 atom stereocenters. The molecule has 0 spiro atoms. The molecule has 5 amide bonds. The number of piperidine rings is 1. The van der Waals surface area contributed by atoms with Crippen molar-refractivity contribution in [2.24, 2.45) is 17.8 Å². The van der Waals surface area contributed by atoms with E-state index < -0.39 is 29.9 Å². The highest BCUT2D eigenvalue weighted by Gasteiger charge is 2.34. The van der Waals surface area contributed by atoms with Gasteiger partial charge in [0.2, 0.25) is 29.5 Å². The molecule has 2 bridgehead atoms. The SMILES string of the molecule is COc1ccc(C[C@@H]2NC(=O)[C@@H](NC(=O)[C@H]3CCCNC3)Cc3ccc(cc3)OC[C@H](CC(C)C)NC(=O)CN(CC3CC3)C(=O)[C@@H](C)NC2=O)cc1. The molecular weight excluding hydrogens is 676 g/mol. The number of fused-ring (bicyclic) bond motifs is 17. The summed E-state index contributed by atoms with van der Waals surface area (Å²) in [6, 6.07) is 11.1. The standard InChI is InChI=1S/C40H56N6O7/c1-25(2)18-31-24-53-33-15-11-28(12-16-33)20-35(44-37(48)30-6-5-17-41-21-30)39(50)45-34(19-27-9-13-32(52-4)14-10-27)38(49)42-26(3)40(51)46(22-29-7-8-29)23-36(47)43-31/h9-16,25-26,29-31,34-35,41H,5-8,17-24H2,1-4H3,(H,42,49)(H,43,47)(H,44,48)(H,45,50)/t26-,30+,31+,34+,35+/m1/s1. The summed E-state index contributed by atoms with van der Waals surface area (Å²) in [5.74, 6) is -0.433. The molecule has 1 aliphatic carbocycles. The largest absolute Gasteiger partial charge is 0.497 e. The van der Waals surface area contributed by atoms with Crippen molar-refractivity contribution in [3.63, 3.8) is 0 Å². The van der Waals surface area contributed by atoms with Gasteiger partial charge in [0.1, 0.15) is 36.2 Å². The number of amides is 5. The average molecular weight is 733 g/mol. The summed E-state index contributed by atoms with van der Waals surface area (Å²) in [5.41, 5.74) is 1.54. The fourth-order valence-electron chi connectivity index (χ4n) is 6.89. The minimum Gasteiger partial charge on any atom is -0.497 e. The van der Waals surface area contributed by atoms with Crippen LogP contribution in [0.25, 0.3) is 0 Å². The number of carbonyl (C=O) groups excluding carboxylic acids is 5. The lowest BCUT2D eigenvalue weighted by Crippen LogP contribution is -2.58. The molecule has 0 aromatic heterocycles. The Morgan fingerprint density at radius 3 is 2.34 bits per heavy atom. The first kappa shape index (κ1) is 39.6. The van der Waals surface area contributed by atoms with Crippen molar-refractivity contribution in [3.8, 4) is 11.5 Å². The average Bonchev–Trinajstić information content (AvgIpc) is 3.97. The van der Waals surface area contributed by atoms with Crippen molar-refractivity contribution in [1.29, 1.82) is 0 Å². The molecule has 1 saturated carbocycles. The molecule has 6 rings (SSSR count). The van der Waals surface area contributed by atoms with Crippen LogP contribution in [0.1, 0.15) is 64.0 Å². The van der Waals surface area contributed by atoms with E-state index in [1.165, 1.54) is 4.90 Å². The second-order valence-corrected chi connectivity index (χ2v) is 15.2. The summed E-state index contributed by atoms with van der Waals surface area (Å²) in [5, 5.41) is 15.0. The van der Waals surface area contributed by atoms with Crippen LogP contribution in [0, 0.1) is 17.8 Å². The number of benzene rings is 2. The van der Waals surface area contributed by atoms with Gasteiger partial charge in [0.25, 0.3) is 0 Å². The fraction of sp³-hybridized carbons (Fsp3) is 0.575. The minimum atomic E-state index is -1.08. The van der Waals surface area contributed by atoms with Crippen LogP contribution < -0.4 is 36.1 Å². The minimum absolute atomic E-state index is 0.118. The lowest BCUT2D eigenvalue weighted by atomic mass is 9.97. The summed E-state index contributed by atoms with van der Waals surface area (Å²) < 4.78 is 11.4. The van der Waals surface area contributed by atoms with Gasteiger partial charge in [-0.2, -0.15) is 0 Å². The van der Waals surface area contributed by atoms with Gasteiger partial charge in [0.15, 0.2) is 0 Å². The van der Waals surface area contributed by atoms with Gasteiger partial charge in [-0.25, -0.2) is 0 Å². The van der Waals surface area contributed by atoms with E-state index in [1.807, 2.05) is 24.3 Å². The van der Waals surface area contributed by atoms with E-state index >= 15 is 0 Å². The molecule has 4 aliphatic rings. The number of hydrogen-bond donors (Lipinski definition) is 5. The molecule has 5 N–H and O–H groups in total. The molecule has 2 aromatic carbocycles. The predicted octanol–water partition coefficient (Wildman–Crippen LogP) is 2.12. The normalized spacial score (nSPS) is 25.2. The maximum atomic E-state index is 14.2. The Bertz CT molecular complexity index is 1560. The zero-order valence-electron chi connectivity index (χ0n) is 31.5. The van der Waals surface area contributed by atoms with Crippen LogP contribution in [0.2, 0.25) is 0 Å². The van der Waals surface area contributed by atoms with Crippen molar-refractivity contribution in [2.75, 3.05) is 39.9 Å². The summed E-state index contributed by atoms with van der Waals surface area (Å²) >= 11 is 0. The Balaban J connectivity index is 1.45. The van der Waals surface area contributed by atoms with Gasteiger partial charge >= 0.3 is 0 Å². The van der Waals surface area contributed by atoms with E-state index in [1.54, 1.807) is 38.3 Å². The Labute approximate surface area is 312 Å². The monoisotopic (exact) mass is 732 g/mol. The summed E-state index contributed by atoms with van der Waals surface area (Å²) in [7, 11) is 1.56. The van der Waals surface area contributed by atoms with E-state index in [9.17, 15) is 24.0 Å². The van der Waals surface area contributed by atoms with Crippen molar-refractivity contribution < 1.29 is 33.4 Å². The number of ether oxygens (including phenoxy) is 2. The third-order valence-electron chi connectivity index (χ3n) is 10.0. The van der Waals surface area contributed by atoms with Crippen LogP contribution >= 0.6 is 0 Å². The number of carbonyl (C=O) groups is 5. The molecule has 53 heavy (non-hydrogen) atoms. The highest BCUT2D eigenvalue weighted by atomic mass is 16.5. The third kappa shape index (κ3) is 12.2. The highest BCUT2D eigenvalue weighted by Crippen LogP contribution is 2.30. The number of nitrogens with one attached hydrogen (secondary N) is 5. The summed E-state index contributed by atoms with van der Waals surface area (Å²) in [4.78, 5) is 70.5. The first-order chi connectivity index (χ1) is 25.5. The Morgan fingerprint density at radius 1 is 0.962 bits per heavy atom. The van der Waals surface area contributed by atoms with E-state index in [0.717, 1.165) is 36.9 Å². The van der Waals surface area contributed by atoms with E-state index in [-0.39, 0.29) is 61.6 Å². The Kier molecular flexibility index (Phi) is 14.1. The molecule has 0 unspecified atom stereocenters. The van der Waals surface area contributed by atoms with Gasteiger partial charge in [-0.1, -0.05) is 38.1 Å². The zero-order chi connectivity index (χ0) is 37.9. The van der Waals surface area contributed by atoms with Crippen LogP contribution in [0.15, 0.2) is 48.5 Å². The van der Waals surface area contributed by atoms with Gasteiger partial charge in [0, 0.05) is 25.9 Å². The van der Waals surface area contributed by atoms with Crippen LogP contribution in [-0.4, -0.2) is 98.5 Å². The second-order valence-electron chi connectivity index (χ2n) is 15.2. The van der Waals surface area contributed by atoms with Gasteiger partial charge in [-0.15, -0.1) is 0 Å². The van der Waals surface area contributed by atoms with E-state index in [0.29, 0.717) is 43.3 Å². The smallest absolute Gasteiger partial charge is 0.245 e. The van der Waals surface area contributed by atoms with Crippen LogP contribution in [-0.2, 0) is 36.8 Å². The van der Waals surface area contributed by atoms with Gasteiger partial charge in [-0.3, -0.25) is 24.0 Å². The lowest BCUT2D eigenvalue weighted by Gasteiger charge is -2.29. The van der Waals surface area contributed by atoms with Crippen molar-refractivity contribution >= 4 is 29.5 Å². The molecule has 2 aromatic rings. The maximum absolute atomic E-state index is 14.2. The van der Waals surface area contributed by atoms with Crippen molar-refractivity contribution in [3.05, 3.63) is 59.7 Å². The first-order valence-electron chi connectivity index (χ1n) is 19.0. The van der Waals surface area contributed by atoms with Crippen LogP contribution in [0.3, 0.4) is 0 Å². The van der Waals surface area contributed by atoms with E-state index in [4.69, 9.17) is 9.47 Å². The summed E-state index contributed by atoms with van der Waals surface area (Å²) in [6.07, 6.45) is 4.48. The lowest BCUT2D eigenvalue weighted by molar-refractivity contribution is -0.140. The number of nitrogens with zero attached hydrogens (tertiary/aromatic N) is 1. The fourth-order valence-corrected chi connectivity index (χ4v) is 6.89. The van der Waals surface area contributed by atoms with Crippen LogP contribution in [0.4, 0.5) is 0 Å². The molecule has 3 aliphatic heterocycles. The van der Waals surface area contributed by atoms with E-state index in [2.05, 4.69) is 40.4 Å². The van der Waals surface area contributed by atoms with Crippen LogP contribution in [0.5, 0.6) is 11.5 Å². The Hall–Kier alpha value is -4.65. The number of hydrogen-bond acceptors (Lipinski definition) is 8. The maximum Gasteiger partial charge on any atom is 0.245 e. The van der Waals surface area contributed by atoms with Crippen molar-refractivity contribution in [1.82, 2.24) is 31.5 Å². The molecule has 1 saturated heterocycles.